The van der Waals surface area contributed by atoms with Crippen LogP contribution in [0.4, 0.5) is 18.0 Å². The third-order valence-electron chi connectivity index (χ3n) is 3.68. The maximum Gasteiger partial charge on any atom is 0.293 e. The molecule has 0 unspecified atom stereocenters. The van der Waals surface area contributed by atoms with Crippen molar-refractivity contribution in [2.45, 2.75) is 6.54 Å². The molecule has 0 saturated carbocycles. The molecule has 1 fully saturated rings. The highest BCUT2D eigenvalue weighted by molar-refractivity contribution is 8.18. The number of benzene rings is 1. The van der Waals surface area contributed by atoms with Crippen LogP contribution in [0.5, 0.6) is 11.6 Å². The number of methoxy groups -OCH3 is 1. The first-order valence-corrected chi connectivity index (χ1v) is 8.24. The molecule has 10 heteroatoms. The van der Waals surface area contributed by atoms with E-state index < -0.39 is 39.9 Å². The Kier molecular flexibility index (Phi) is 5.08. The van der Waals surface area contributed by atoms with Gasteiger partial charge >= 0.3 is 0 Å². The Morgan fingerprint density at radius 3 is 2.70 bits per heavy atom. The summed E-state index contributed by atoms with van der Waals surface area (Å²) in [7, 11) is 1.41. The molecule has 0 spiro atoms. The van der Waals surface area contributed by atoms with Crippen molar-refractivity contribution in [2.24, 2.45) is 0 Å². The van der Waals surface area contributed by atoms with Crippen LogP contribution in [-0.4, -0.2) is 33.2 Å². The Bertz CT molecular complexity index is 981. The van der Waals surface area contributed by atoms with Gasteiger partial charge in [0, 0.05) is 18.3 Å². The second-order valence-corrected chi connectivity index (χ2v) is 6.38. The molecule has 1 aliphatic rings. The molecule has 27 heavy (non-hydrogen) atoms. The molecule has 0 aliphatic carbocycles. The molecule has 2 heterocycles. The number of aromatic nitrogens is 1. The van der Waals surface area contributed by atoms with Gasteiger partial charge in [-0.3, -0.25) is 14.5 Å². The summed E-state index contributed by atoms with van der Waals surface area (Å²) in [6, 6.07) is 3.40. The van der Waals surface area contributed by atoms with E-state index in [0.717, 1.165) is 11.0 Å². The summed E-state index contributed by atoms with van der Waals surface area (Å²) in [5.41, 5.74) is -0.257. The Morgan fingerprint density at radius 1 is 1.26 bits per heavy atom. The lowest BCUT2D eigenvalue weighted by molar-refractivity contribution is -0.123. The van der Waals surface area contributed by atoms with Crippen molar-refractivity contribution in [1.29, 1.82) is 0 Å². The van der Waals surface area contributed by atoms with Crippen molar-refractivity contribution in [2.75, 3.05) is 7.11 Å². The number of imide groups is 1. The summed E-state index contributed by atoms with van der Waals surface area (Å²) in [4.78, 5) is 29.1. The average Bonchev–Trinajstić information content (AvgIpc) is 2.91. The van der Waals surface area contributed by atoms with E-state index >= 15 is 0 Å². The molecule has 1 N–H and O–H groups in total. The largest absolute Gasteiger partial charge is 0.503 e. The van der Waals surface area contributed by atoms with E-state index in [9.17, 15) is 27.9 Å². The quantitative estimate of drug-likeness (QED) is 0.798. The van der Waals surface area contributed by atoms with E-state index in [1.165, 1.54) is 19.4 Å². The van der Waals surface area contributed by atoms with E-state index in [0.29, 0.717) is 23.2 Å². The minimum absolute atomic E-state index is 0.0967. The van der Waals surface area contributed by atoms with Gasteiger partial charge in [0.15, 0.2) is 17.4 Å². The lowest BCUT2D eigenvalue weighted by Crippen LogP contribution is -2.27. The summed E-state index contributed by atoms with van der Waals surface area (Å²) in [5.74, 6) is -6.19. The molecular formula is C17H11F3N2O4S. The summed E-state index contributed by atoms with van der Waals surface area (Å²) in [5, 5.41) is 8.62. The zero-order valence-electron chi connectivity index (χ0n) is 13.7. The van der Waals surface area contributed by atoms with Crippen LogP contribution in [0.25, 0.3) is 6.08 Å². The van der Waals surface area contributed by atoms with Crippen LogP contribution in [0.1, 0.15) is 11.1 Å². The van der Waals surface area contributed by atoms with Gasteiger partial charge in [0.2, 0.25) is 5.88 Å². The van der Waals surface area contributed by atoms with Crippen LogP contribution in [0.15, 0.2) is 29.3 Å². The first-order valence-electron chi connectivity index (χ1n) is 7.42. The van der Waals surface area contributed by atoms with Crippen molar-refractivity contribution < 1.29 is 32.6 Å². The number of amides is 2. The SMILES string of the molecule is COc1cc(CN2C(=O)S/C(=C\c3c(F)cc(F)c(O)c3F)C2=O)ccn1. The summed E-state index contributed by atoms with van der Waals surface area (Å²) in [6.45, 7) is -0.0967. The van der Waals surface area contributed by atoms with Gasteiger partial charge in [-0.2, -0.15) is 0 Å². The lowest BCUT2D eigenvalue weighted by atomic mass is 10.1. The van der Waals surface area contributed by atoms with E-state index in [2.05, 4.69) is 4.98 Å². The van der Waals surface area contributed by atoms with Gasteiger partial charge in [0.1, 0.15) is 5.82 Å². The highest BCUT2D eigenvalue weighted by Gasteiger charge is 2.35. The fourth-order valence-corrected chi connectivity index (χ4v) is 3.16. The molecule has 0 radical (unpaired) electrons. The molecule has 0 atom stereocenters. The number of rotatable bonds is 4. The van der Waals surface area contributed by atoms with Crippen LogP contribution in [0.3, 0.4) is 0 Å². The number of thioether (sulfide) groups is 1. The molecular weight excluding hydrogens is 385 g/mol. The van der Waals surface area contributed by atoms with Crippen molar-refractivity contribution in [3.63, 3.8) is 0 Å². The molecule has 2 amide bonds. The number of pyridine rings is 1. The number of aromatic hydroxyl groups is 1. The van der Waals surface area contributed by atoms with Gasteiger partial charge in [-0.15, -0.1) is 0 Å². The van der Waals surface area contributed by atoms with Gasteiger partial charge in [-0.05, 0) is 29.5 Å². The third-order valence-corrected chi connectivity index (χ3v) is 4.59. The summed E-state index contributed by atoms with van der Waals surface area (Å²) in [6.07, 6.45) is 2.21. The maximum atomic E-state index is 13.9. The van der Waals surface area contributed by atoms with Gasteiger partial charge in [0.25, 0.3) is 11.1 Å². The number of phenolic OH excluding ortho intramolecular Hbond substituents is 1. The number of halogens is 3. The Morgan fingerprint density at radius 2 is 2.00 bits per heavy atom. The molecule has 3 rings (SSSR count). The standard InChI is InChI=1S/C17H11F3N2O4S/c1-26-13-4-8(2-3-21-13)7-22-16(24)12(27-17(22)25)5-9-10(18)6-11(19)15(23)14(9)20/h2-6,23H,7H2,1H3/b12-5-. The average molecular weight is 396 g/mol. The predicted octanol–water partition coefficient (Wildman–Crippen LogP) is 3.45. The van der Waals surface area contributed by atoms with Crippen LogP contribution in [0, 0.1) is 17.5 Å². The number of carbonyl (C=O) groups excluding carboxylic acids is 2. The van der Waals surface area contributed by atoms with E-state index in [1.54, 1.807) is 6.07 Å². The third kappa shape index (κ3) is 3.61. The summed E-state index contributed by atoms with van der Waals surface area (Å²) >= 11 is 0.476. The second kappa shape index (κ2) is 7.31. The highest BCUT2D eigenvalue weighted by Crippen LogP contribution is 2.35. The van der Waals surface area contributed by atoms with Crippen molar-refractivity contribution in [3.8, 4) is 11.6 Å². The first kappa shape index (κ1) is 18.8. The number of hydrogen-bond acceptors (Lipinski definition) is 6. The predicted molar refractivity (Wildman–Crippen MR) is 90.3 cm³/mol. The van der Waals surface area contributed by atoms with Crippen LogP contribution in [0.2, 0.25) is 0 Å². The molecule has 1 aromatic heterocycles. The van der Waals surface area contributed by atoms with Crippen LogP contribution in [-0.2, 0) is 11.3 Å². The number of hydrogen-bond donors (Lipinski definition) is 1. The lowest BCUT2D eigenvalue weighted by Gasteiger charge is -2.12. The van der Waals surface area contributed by atoms with E-state index in [-0.39, 0.29) is 17.5 Å². The van der Waals surface area contributed by atoms with Gasteiger partial charge in [-0.25, -0.2) is 18.2 Å². The molecule has 6 nitrogen and oxygen atoms in total. The molecule has 140 valence electrons. The van der Waals surface area contributed by atoms with Crippen LogP contribution >= 0.6 is 11.8 Å². The fourth-order valence-electron chi connectivity index (χ4n) is 2.34. The zero-order chi connectivity index (χ0) is 19.7. The number of phenols is 1. The van der Waals surface area contributed by atoms with Crippen LogP contribution < -0.4 is 4.74 Å². The maximum absolute atomic E-state index is 13.9. The molecule has 2 aromatic rings. The van der Waals surface area contributed by atoms with Gasteiger partial charge in [-0.1, -0.05) is 0 Å². The van der Waals surface area contributed by atoms with E-state index in [4.69, 9.17) is 4.74 Å². The molecule has 0 bridgehead atoms. The molecule has 1 saturated heterocycles. The minimum atomic E-state index is -1.56. The zero-order valence-corrected chi connectivity index (χ0v) is 14.5. The summed E-state index contributed by atoms with van der Waals surface area (Å²) < 4.78 is 45.8. The number of ether oxygens (including phenoxy) is 1. The van der Waals surface area contributed by atoms with Gasteiger partial charge < -0.3 is 9.84 Å². The normalized spacial score (nSPS) is 15.7. The Hall–Kier alpha value is -3.01. The Balaban J connectivity index is 1.90. The smallest absolute Gasteiger partial charge is 0.293 e. The second-order valence-electron chi connectivity index (χ2n) is 5.39. The molecule has 1 aliphatic heterocycles. The highest BCUT2D eigenvalue weighted by atomic mass is 32.2. The van der Waals surface area contributed by atoms with Crippen molar-refractivity contribution in [3.05, 3.63) is 57.9 Å². The Labute approximate surface area is 155 Å². The monoisotopic (exact) mass is 396 g/mol. The topological polar surface area (TPSA) is 79.7 Å². The fraction of sp³-hybridized carbons (Fsp3) is 0.118. The first-order chi connectivity index (χ1) is 12.8. The van der Waals surface area contributed by atoms with E-state index in [1.807, 2.05) is 0 Å². The number of nitrogens with zero attached hydrogens (tertiary/aromatic N) is 2. The van der Waals surface area contributed by atoms with Crippen molar-refractivity contribution >= 4 is 29.0 Å². The molecule has 1 aromatic carbocycles. The minimum Gasteiger partial charge on any atom is -0.503 e. The van der Waals surface area contributed by atoms with Gasteiger partial charge in [0.05, 0.1) is 24.1 Å². The number of carbonyl (C=O) groups is 2. The van der Waals surface area contributed by atoms with Crippen molar-refractivity contribution in [1.82, 2.24) is 9.88 Å².